The van der Waals surface area contributed by atoms with E-state index in [1.54, 1.807) is 20.8 Å². The molecule has 1 aliphatic rings. The lowest BCUT2D eigenvalue weighted by Gasteiger charge is -2.37. The van der Waals surface area contributed by atoms with Crippen molar-refractivity contribution in [2.75, 3.05) is 6.61 Å². The standard InChI is InChI=1S/C20H25ClF4O3/c1-18(2,3)28-17(26)13-9-14(21)16(10-15(13)22)27-11-19(4)7-5-12(6-8-19)20(23,24)25/h9-10,12H,5-8,11H2,1-4H3/t12-,19+. The van der Waals surface area contributed by atoms with Gasteiger partial charge < -0.3 is 9.47 Å². The van der Waals surface area contributed by atoms with Crippen molar-refractivity contribution in [2.24, 2.45) is 11.3 Å². The predicted molar refractivity (Wildman–Crippen MR) is 98.2 cm³/mol. The molecular weight excluding hydrogens is 400 g/mol. The van der Waals surface area contributed by atoms with Gasteiger partial charge in [-0.15, -0.1) is 0 Å². The Kier molecular flexibility index (Phi) is 6.58. The molecule has 0 N–H and O–H groups in total. The molecule has 1 fully saturated rings. The third-order valence-electron chi connectivity index (χ3n) is 4.87. The van der Waals surface area contributed by atoms with Crippen LogP contribution in [0.15, 0.2) is 12.1 Å². The molecule has 1 aliphatic carbocycles. The highest BCUT2D eigenvalue weighted by atomic mass is 35.5. The van der Waals surface area contributed by atoms with Crippen molar-refractivity contribution in [3.63, 3.8) is 0 Å². The lowest BCUT2D eigenvalue weighted by molar-refractivity contribution is -0.187. The first kappa shape index (κ1) is 22.8. The minimum absolute atomic E-state index is 0.0369. The molecule has 3 nitrogen and oxygen atoms in total. The predicted octanol–water partition coefficient (Wildman–Crippen LogP) is 6.57. The van der Waals surface area contributed by atoms with Gasteiger partial charge in [0.15, 0.2) is 0 Å². The molecule has 0 aromatic heterocycles. The summed E-state index contributed by atoms with van der Waals surface area (Å²) >= 11 is 6.11. The number of carbonyl (C=O) groups is 1. The van der Waals surface area contributed by atoms with E-state index in [2.05, 4.69) is 0 Å². The summed E-state index contributed by atoms with van der Waals surface area (Å²) < 4.78 is 63.5. The Morgan fingerprint density at radius 3 is 2.29 bits per heavy atom. The van der Waals surface area contributed by atoms with Gasteiger partial charge in [-0.2, -0.15) is 13.2 Å². The molecule has 1 saturated carbocycles. The molecule has 0 saturated heterocycles. The quantitative estimate of drug-likeness (QED) is 0.405. The van der Waals surface area contributed by atoms with Gasteiger partial charge >= 0.3 is 12.1 Å². The maximum absolute atomic E-state index is 14.3. The number of esters is 1. The van der Waals surface area contributed by atoms with E-state index in [-0.39, 0.29) is 35.8 Å². The van der Waals surface area contributed by atoms with Gasteiger partial charge in [0.2, 0.25) is 0 Å². The summed E-state index contributed by atoms with van der Waals surface area (Å²) in [5.41, 5.74) is -1.54. The minimum atomic E-state index is -4.17. The number of rotatable bonds is 4. The number of alkyl halides is 3. The summed E-state index contributed by atoms with van der Waals surface area (Å²) in [6, 6.07) is 2.15. The van der Waals surface area contributed by atoms with Crippen LogP contribution in [0.5, 0.6) is 5.75 Å². The van der Waals surface area contributed by atoms with Crippen LogP contribution >= 0.6 is 11.6 Å². The van der Waals surface area contributed by atoms with Crippen LogP contribution in [-0.2, 0) is 4.74 Å². The molecule has 0 heterocycles. The van der Waals surface area contributed by atoms with E-state index >= 15 is 0 Å². The van der Waals surface area contributed by atoms with Gasteiger partial charge in [0.05, 0.1) is 23.1 Å². The van der Waals surface area contributed by atoms with Gasteiger partial charge in [-0.25, -0.2) is 9.18 Å². The van der Waals surface area contributed by atoms with E-state index in [1.807, 2.05) is 6.92 Å². The highest BCUT2D eigenvalue weighted by Crippen LogP contribution is 2.45. The van der Waals surface area contributed by atoms with E-state index < -0.39 is 34.9 Å². The first-order valence-corrected chi connectivity index (χ1v) is 9.50. The third-order valence-corrected chi connectivity index (χ3v) is 5.17. The summed E-state index contributed by atoms with van der Waals surface area (Å²) in [5, 5.41) is 0.0369. The smallest absolute Gasteiger partial charge is 0.391 e. The molecule has 0 unspecified atom stereocenters. The number of ether oxygens (including phenoxy) is 2. The topological polar surface area (TPSA) is 35.5 Å². The monoisotopic (exact) mass is 424 g/mol. The van der Waals surface area contributed by atoms with Crippen molar-refractivity contribution < 1.29 is 31.8 Å². The van der Waals surface area contributed by atoms with Gasteiger partial charge in [0, 0.05) is 11.5 Å². The van der Waals surface area contributed by atoms with Crippen molar-refractivity contribution in [1.82, 2.24) is 0 Å². The van der Waals surface area contributed by atoms with Gasteiger partial charge in [-0.3, -0.25) is 0 Å². The van der Waals surface area contributed by atoms with E-state index in [9.17, 15) is 22.4 Å². The van der Waals surface area contributed by atoms with Crippen LogP contribution in [0.3, 0.4) is 0 Å². The average molecular weight is 425 g/mol. The Morgan fingerprint density at radius 1 is 1.21 bits per heavy atom. The highest BCUT2D eigenvalue weighted by molar-refractivity contribution is 6.32. The minimum Gasteiger partial charge on any atom is -0.491 e. The number of hydrogen-bond acceptors (Lipinski definition) is 3. The van der Waals surface area contributed by atoms with E-state index in [1.165, 1.54) is 0 Å². The SMILES string of the molecule is CC(C)(C)OC(=O)c1cc(Cl)c(OC[C@]2(C)CC[C@H](C(F)(F)F)CC2)cc1F. The molecule has 1 aromatic rings. The molecule has 2 rings (SSSR count). The van der Waals surface area contributed by atoms with Gasteiger partial charge in [-0.05, 0) is 52.5 Å². The molecule has 0 atom stereocenters. The molecule has 1 aromatic carbocycles. The number of carbonyl (C=O) groups excluding carboxylic acids is 1. The fraction of sp³-hybridized carbons (Fsp3) is 0.650. The van der Waals surface area contributed by atoms with Crippen LogP contribution in [0.25, 0.3) is 0 Å². The van der Waals surface area contributed by atoms with E-state index in [0.29, 0.717) is 12.8 Å². The van der Waals surface area contributed by atoms with Crippen LogP contribution < -0.4 is 4.74 Å². The molecule has 0 bridgehead atoms. The second-order valence-corrected chi connectivity index (χ2v) is 9.09. The number of hydrogen-bond donors (Lipinski definition) is 0. The van der Waals surface area contributed by atoms with Crippen LogP contribution in [0.2, 0.25) is 5.02 Å². The zero-order valence-electron chi connectivity index (χ0n) is 16.4. The molecule has 0 amide bonds. The summed E-state index contributed by atoms with van der Waals surface area (Å²) in [7, 11) is 0. The summed E-state index contributed by atoms with van der Waals surface area (Å²) in [6.07, 6.45) is -3.38. The van der Waals surface area contributed by atoms with E-state index in [0.717, 1.165) is 12.1 Å². The van der Waals surface area contributed by atoms with Crippen LogP contribution in [0, 0.1) is 17.2 Å². The van der Waals surface area contributed by atoms with E-state index in [4.69, 9.17) is 21.1 Å². The maximum Gasteiger partial charge on any atom is 0.391 e. The third kappa shape index (κ3) is 6.00. The molecule has 158 valence electrons. The molecule has 0 spiro atoms. The summed E-state index contributed by atoms with van der Waals surface area (Å²) in [5.74, 6) is -2.91. The number of halogens is 5. The van der Waals surface area contributed by atoms with Crippen molar-refractivity contribution in [1.29, 1.82) is 0 Å². The zero-order valence-corrected chi connectivity index (χ0v) is 17.1. The van der Waals surface area contributed by atoms with Gasteiger partial charge in [-0.1, -0.05) is 18.5 Å². The Bertz CT molecular complexity index is 717. The molecule has 0 aliphatic heterocycles. The fourth-order valence-corrected chi connectivity index (χ4v) is 3.39. The zero-order chi connectivity index (χ0) is 21.3. The lowest BCUT2D eigenvalue weighted by atomic mass is 9.72. The maximum atomic E-state index is 14.3. The normalized spacial score (nSPS) is 23.4. The Morgan fingerprint density at radius 2 is 1.79 bits per heavy atom. The number of benzene rings is 1. The lowest BCUT2D eigenvalue weighted by Crippen LogP contribution is -2.35. The second-order valence-electron chi connectivity index (χ2n) is 8.68. The molecule has 0 radical (unpaired) electrons. The molecule has 28 heavy (non-hydrogen) atoms. The summed E-state index contributed by atoms with van der Waals surface area (Å²) in [6.45, 7) is 6.95. The first-order chi connectivity index (χ1) is 12.7. The Labute approximate surface area is 167 Å². The van der Waals surface area contributed by atoms with Gasteiger partial charge in [0.25, 0.3) is 0 Å². The van der Waals surface area contributed by atoms with Crippen molar-refractivity contribution in [3.05, 3.63) is 28.5 Å². The fourth-order valence-electron chi connectivity index (χ4n) is 3.17. The Hall–Kier alpha value is -1.50. The first-order valence-electron chi connectivity index (χ1n) is 9.12. The van der Waals surface area contributed by atoms with Crippen molar-refractivity contribution >= 4 is 17.6 Å². The molecular formula is C20H25ClF4O3. The van der Waals surface area contributed by atoms with Gasteiger partial charge in [0.1, 0.15) is 17.2 Å². The largest absolute Gasteiger partial charge is 0.491 e. The van der Waals surface area contributed by atoms with Crippen LogP contribution in [-0.4, -0.2) is 24.4 Å². The second kappa shape index (κ2) is 8.09. The van der Waals surface area contributed by atoms with Crippen LogP contribution in [0.4, 0.5) is 17.6 Å². The van der Waals surface area contributed by atoms with Crippen molar-refractivity contribution in [3.8, 4) is 5.75 Å². The Balaban J connectivity index is 2.04. The summed E-state index contributed by atoms with van der Waals surface area (Å²) in [4.78, 5) is 12.1. The van der Waals surface area contributed by atoms with Crippen LogP contribution in [0.1, 0.15) is 63.7 Å². The highest BCUT2D eigenvalue weighted by Gasteiger charge is 2.44. The molecule has 8 heteroatoms. The van der Waals surface area contributed by atoms with Crippen molar-refractivity contribution in [2.45, 2.75) is 65.2 Å². The average Bonchev–Trinajstić information content (AvgIpc) is 2.53.